The Kier molecular flexibility index (Phi) is 2.39. The van der Waals surface area contributed by atoms with Crippen LogP contribution in [0.4, 0.5) is 0 Å². The van der Waals surface area contributed by atoms with Crippen molar-refractivity contribution in [1.82, 2.24) is 5.32 Å². The number of fused-ring (bicyclic) bond motifs is 1. The van der Waals surface area contributed by atoms with E-state index in [2.05, 4.69) is 30.9 Å². The number of hydrogen-bond donors (Lipinski definition) is 1. The summed E-state index contributed by atoms with van der Waals surface area (Å²) >= 11 is 2.19. The van der Waals surface area contributed by atoms with Gasteiger partial charge in [0.1, 0.15) is 0 Å². The highest BCUT2D eigenvalue weighted by atomic mass is 32.2. The fourth-order valence-electron chi connectivity index (χ4n) is 2.60. The molecule has 12 heavy (non-hydrogen) atoms. The molecule has 0 spiro atoms. The number of nitrogens with one attached hydrogen (secondary N) is 1. The van der Waals surface area contributed by atoms with E-state index in [1.54, 1.807) is 0 Å². The highest BCUT2D eigenvalue weighted by Gasteiger charge is 2.40. The van der Waals surface area contributed by atoms with E-state index in [4.69, 9.17) is 0 Å². The van der Waals surface area contributed by atoms with E-state index in [0.29, 0.717) is 5.41 Å². The third kappa shape index (κ3) is 1.51. The molecule has 2 rings (SSSR count). The minimum atomic E-state index is 0.538. The van der Waals surface area contributed by atoms with Crippen LogP contribution in [-0.4, -0.2) is 23.6 Å². The van der Waals surface area contributed by atoms with Crippen LogP contribution in [-0.2, 0) is 0 Å². The van der Waals surface area contributed by atoms with Gasteiger partial charge in [-0.2, -0.15) is 11.8 Å². The molecule has 1 N–H and O–H groups in total. The third-order valence-corrected chi connectivity index (χ3v) is 4.70. The molecule has 1 saturated heterocycles. The van der Waals surface area contributed by atoms with Crippen molar-refractivity contribution in [2.24, 2.45) is 5.41 Å². The zero-order valence-electron chi connectivity index (χ0n) is 8.10. The van der Waals surface area contributed by atoms with Gasteiger partial charge in [-0.05, 0) is 18.3 Å². The van der Waals surface area contributed by atoms with Gasteiger partial charge in [0.25, 0.3) is 0 Å². The van der Waals surface area contributed by atoms with Crippen LogP contribution in [0.1, 0.15) is 33.1 Å². The van der Waals surface area contributed by atoms with Gasteiger partial charge in [0.2, 0.25) is 0 Å². The average Bonchev–Trinajstić information content (AvgIpc) is 2.04. The van der Waals surface area contributed by atoms with Crippen LogP contribution in [0.3, 0.4) is 0 Å². The predicted octanol–water partition coefficient (Wildman–Crippen LogP) is 2.27. The van der Waals surface area contributed by atoms with Gasteiger partial charge in [-0.15, -0.1) is 0 Å². The first-order valence-corrected chi connectivity index (χ1v) is 6.10. The molecule has 0 aromatic heterocycles. The summed E-state index contributed by atoms with van der Waals surface area (Å²) in [6, 6.07) is 0.782. The first kappa shape index (κ1) is 8.89. The smallest absolute Gasteiger partial charge is 0.0237 e. The Labute approximate surface area is 79.7 Å². The van der Waals surface area contributed by atoms with E-state index in [1.807, 2.05) is 0 Å². The normalized spacial score (nSPS) is 40.5. The highest BCUT2D eigenvalue weighted by Crippen LogP contribution is 2.41. The fraction of sp³-hybridized carbons (Fsp3) is 1.00. The zero-order chi connectivity index (χ0) is 8.60. The Morgan fingerprint density at radius 2 is 2.25 bits per heavy atom. The van der Waals surface area contributed by atoms with Gasteiger partial charge in [0, 0.05) is 23.6 Å². The van der Waals surface area contributed by atoms with E-state index in [1.165, 1.54) is 31.6 Å². The first-order valence-electron chi connectivity index (χ1n) is 5.05. The number of rotatable bonds is 0. The lowest BCUT2D eigenvalue weighted by Crippen LogP contribution is -2.54. The molecule has 70 valence electrons. The van der Waals surface area contributed by atoms with E-state index in [-0.39, 0.29) is 0 Å². The van der Waals surface area contributed by atoms with Crippen molar-refractivity contribution in [3.63, 3.8) is 0 Å². The minimum Gasteiger partial charge on any atom is -0.312 e. The lowest BCUT2D eigenvalue weighted by atomic mass is 9.73. The summed E-state index contributed by atoms with van der Waals surface area (Å²) in [6.07, 6.45) is 4.27. The second-order valence-electron chi connectivity index (χ2n) is 4.72. The molecule has 1 heterocycles. The highest BCUT2D eigenvalue weighted by molar-refractivity contribution is 8.00. The molecular weight excluding hydrogens is 166 g/mol. The molecule has 1 nitrogen and oxygen atoms in total. The van der Waals surface area contributed by atoms with E-state index < -0.39 is 0 Å². The standard InChI is InChI=1S/C10H19NS/c1-10(2)5-3-4-8-9(10)11-6-7-12-8/h8-9,11H,3-7H2,1-2H3. The van der Waals surface area contributed by atoms with Gasteiger partial charge in [0.05, 0.1) is 0 Å². The van der Waals surface area contributed by atoms with Crippen LogP contribution in [0.2, 0.25) is 0 Å². The molecule has 2 aliphatic rings. The molecule has 0 amide bonds. The Hall–Kier alpha value is 0.310. The van der Waals surface area contributed by atoms with Gasteiger partial charge in [-0.1, -0.05) is 20.3 Å². The quantitative estimate of drug-likeness (QED) is 0.621. The summed E-state index contributed by atoms with van der Waals surface area (Å²) in [5, 5.41) is 4.60. The summed E-state index contributed by atoms with van der Waals surface area (Å²) < 4.78 is 0. The molecule has 2 heteroatoms. The van der Waals surface area contributed by atoms with Crippen molar-refractivity contribution in [3.8, 4) is 0 Å². The minimum absolute atomic E-state index is 0.538. The summed E-state index contributed by atoms with van der Waals surface area (Å²) in [5.41, 5.74) is 0.538. The maximum absolute atomic E-state index is 3.69. The fourth-order valence-corrected chi connectivity index (χ4v) is 4.13. The summed E-state index contributed by atoms with van der Waals surface area (Å²) in [7, 11) is 0. The first-order chi connectivity index (χ1) is 5.70. The van der Waals surface area contributed by atoms with Crippen LogP contribution < -0.4 is 5.32 Å². The summed E-state index contributed by atoms with van der Waals surface area (Å²) in [5.74, 6) is 1.32. The summed E-state index contributed by atoms with van der Waals surface area (Å²) in [6.45, 7) is 6.06. The Morgan fingerprint density at radius 1 is 1.42 bits per heavy atom. The van der Waals surface area contributed by atoms with Gasteiger partial charge in [0.15, 0.2) is 0 Å². The van der Waals surface area contributed by atoms with Gasteiger partial charge < -0.3 is 5.32 Å². The molecule has 0 aromatic carbocycles. The van der Waals surface area contributed by atoms with Gasteiger partial charge >= 0.3 is 0 Å². The maximum Gasteiger partial charge on any atom is 0.0237 e. The second kappa shape index (κ2) is 3.22. The van der Waals surface area contributed by atoms with Crippen LogP contribution in [0, 0.1) is 5.41 Å². The lowest BCUT2D eigenvalue weighted by Gasteiger charge is -2.46. The van der Waals surface area contributed by atoms with Crippen molar-refractivity contribution in [3.05, 3.63) is 0 Å². The van der Waals surface area contributed by atoms with E-state index in [9.17, 15) is 0 Å². The molecule has 0 radical (unpaired) electrons. The molecule has 2 atom stereocenters. The van der Waals surface area contributed by atoms with Crippen molar-refractivity contribution in [2.75, 3.05) is 12.3 Å². The zero-order valence-corrected chi connectivity index (χ0v) is 8.91. The molecule has 1 aliphatic heterocycles. The molecular formula is C10H19NS. The lowest BCUT2D eigenvalue weighted by molar-refractivity contribution is 0.173. The van der Waals surface area contributed by atoms with Crippen molar-refractivity contribution < 1.29 is 0 Å². The molecule has 1 saturated carbocycles. The topological polar surface area (TPSA) is 12.0 Å². The molecule has 0 bridgehead atoms. The molecule has 2 fully saturated rings. The predicted molar refractivity (Wildman–Crippen MR) is 55.7 cm³/mol. The van der Waals surface area contributed by atoms with Crippen LogP contribution in [0.15, 0.2) is 0 Å². The van der Waals surface area contributed by atoms with Crippen LogP contribution in [0.5, 0.6) is 0 Å². The van der Waals surface area contributed by atoms with Crippen LogP contribution >= 0.6 is 11.8 Å². The van der Waals surface area contributed by atoms with E-state index in [0.717, 1.165) is 11.3 Å². The Bertz CT molecular complexity index is 165. The molecule has 0 aromatic rings. The monoisotopic (exact) mass is 185 g/mol. The molecule has 1 aliphatic carbocycles. The average molecular weight is 185 g/mol. The number of hydrogen-bond acceptors (Lipinski definition) is 2. The molecule has 2 unspecified atom stereocenters. The van der Waals surface area contributed by atoms with Gasteiger partial charge in [-0.25, -0.2) is 0 Å². The number of thioether (sulfide) groups is 1. The van der Waals surface area contributed by atoms with E-state index >= 15 is 0 Å². The summed E-state index contributed by atoms with van der Waals surface area (Å²) in [4.78, 5) is 0. The maximum atomic E-state index is 3.69. The Balaban J connectivity index is 2.09. The third-order valence-electron chi connectivity index (χ3n) is 3.32. The SMILES string of the molecule is CC1(C)CCCC2SCCNC21. The largest absolute Gasteiger partial charge is 0.312 e. The van der Waals surface area contributed by atoms with Crippen molar-refractivity contribution in [2.45, 2.75) is 44.4 Å². The second-order valence-corrected chi connectivity index (χ2v) is 6.07. The van der Waals surface area contributed by atoms with Crippen molar-refractivity contribution in [1.29, 1.82) is 0 Å². The van der Waals surface area contributed by atoms with Crippen molar-refractivity contribution >= 4 is 11.8 Å². The van der Waals surface area contributed by atoms with Crippen LogP contribution in [0.25, 0.3) is 0 Å². The van der Waals surface area contributed by atoms with Gasteiger partial charge in [-0.3, -0.25) is 0 Å². The Morgan fingerprint density at radius 3 is 3.00 bits per heavy atom.